The SMILES string of the molecule is Cc1ccccc1N1CCN(S(=O)(=O)c2ccc(Cl)cc2)[C@@H](C)C1=O. The molecule has 0 unspecified atom stereocenters. The van der Waals surface area contributed by atoms with Crippen LogP contribution in [0.2, 0.25) is 5.02 Å². The molecule has 0 spiro atoms. The second-order valence-corrected chi connectivity index (χ2v) is 8.35. The molecule has 0 bridgehead atoms. The van der Waals surface area contributed by atoms with Crippen LogP contribution in [0.1, 0.15) is 12.5 Å². The Bertz CT molecular complexity index is 897. The van der Waals surface area contributed by atoms with Crippen molar-refractivity contribution in [2.45, 2.75) is 24.8 Å². The lowest BCUT2D eigenvalue weighted by molar-refractivity contribution is -0.123. The minimum atomic E-state index is -3.75. The second-order valence-electron chi connectivity index (χ2n) is 6.02. The molecule has 1 amide bonds. The molecule has 2 aromatic rings. The summed E-state index contributed by atoms with van der Waals surface area (Å²) >= 11 is 5.83. The number of benzene rings is 2. The van der Waals surface area contributed by atoms with E-state index in [1.54, 1.807) is 11.8 Å². The summed E-state index contributed by atoms with van der Waals surface area (Å²) in [7, 11) is -3.75. The molecule has 0 N–H and O–H groups in total. The van der Waals surface area contributed by atoms with Crippen molar-refractivity contribution in [3.63, 3.8) is 0 Å². The number of piperazine rings is 1. The zero-order chi connectivity index (χ0) is 18.2. The summed E-state index contributed by atoms with van der Waals surface area (Å²) in [6.45, 7) is 4.12. The molecular formula is C18H19ClN2O3S. The number of rotatable bonds is 3. The highest BCUT2D eigenvalue weighted by Gasteiger charge is 2.39. The van der Waals surface area contributed by atoms with Crippen molar-refractivity contribution in [3.05, 3.63) is 59.1 Å². The maximum Gasteiger partial charge on any atom is 0.245 e. The molecule has 0 radical (unpaired) electrons. The quantitative estimate of drug-likeness (QED) is 0.824. The largest absolute Gasteiger partial charge is 0.309 e. The van der Waals surface area contributed by atoms with Gasteiger partial charge in [-0.1, -0.05) is 29.8 Å². The Kier molecular flexibility index (Phi) is 4.86. The van der Waals surface area contributed by atoms with Gasteiger partial charge in [-0.05, 0) is 49.7 Å². The van der Waals surface area contributed by atoms with Crippen LogP contribution >= 0.6 is 11.6 Å². The van der Waals surface area contributed by atoms with Gasteiger partial charge in [0.25, 0.3) is 0 Å². The van der Waals surface area contributed by atoms with E-state index in [0.717, 1.165) is 11.3 Å². The summed E-state index contributed by atoms with van der Waals surface area (Å²) in [6.07, 6.45) is 0. The molecule has 0 aliphatic carbocycles. The van der Waals surface area contributed by atoms with Gasteiger partial charge in [-0.25, -0.2) is 8.42 Å². The van der Waals surface area contributed by atoms with E-state index in [-0.39, 0.29) is 17.3 Å². The number of hydrogen-bond acceptors (Lipinski definition) is 3. The number of aryl methyl sites for hydroxylation is 1. The normalized spacial score (nSPS) is 19.2. The number of halogens is 1. The summed E-state index contributed by atoms with van der Waals surface area (Å²) in [5, 5.41) is 0.465. The lowest BCUT2D eigenvalue weighted by Gasteiger charge is -2.38. The van der Waals surface area contributed by atoms with Gasteiger partial charge >= 0.3 is 0 Å². The Labute approximate surface area is 152 Å². The maximum atomic E-state index is 12.9. The highest BCUT2D eigenvalue weighted by molar-refractivity contribution is 7.89. The van der Waals surface area contributed by atoms with Crippen LogP contribution in [0.5, 0.6) is 0 Å². The predicted molar refractivity (Wildman–Crippen MR) is 98.3 cm³/mol. The van der Waals surface area contributed by atoms with Gasteiger partial charge in [-0.15, -0.1) is 0 Å². The summed E-state index contributed by atoms with van der Waals surface area (Å²) in [5.74, 6) is -0.224. The molecule has 2 aromatic carbocycles. The van der Waals surface area contributed by atoms with Crippen LogP contribution < -0.4 is 4.90 Å². The van der Waals surface area contributed by atoms with Crippen molar-refractivity contribution >= 4 is 33.2 Å². The number of amides is 1. The number of sulfonamides is 1. The molecule has 7 heteroatoms. The van der Waals surface area contributed by atoms with Crippen LogP contribution in [-0.4, -0.2) is 37.8 Å². The lowest BCUT2D eigenvalue weighted by atomic mass is 10.1. The average Bonchev–Trinajstić information content (AvgIpc) is 2.58. The van der Waals surface area contributed by atoms with Crippen LogP contribution in [0.4, 0.5) is 5.69 Å². The summed E-state index contributed by atoms with van der Waals surface area (Å²) in [6, 6.07) is 12.8. The Morgan fingerprint density at radius 3 is 2.32 bits per heavy atom. The van der Waals surface area contributed by atoms with Gasteiger partial charge in [-0.3, -0.25) is 4.79 Å². The zero-order valence-electron chi connectivity index (χ0n) is 14.0. The van der Waals surface area contributed by atoms with Gasteiger partial charge in [0.2, 0.25) is 15.9 Å². The summed E-state index contributed by atoms with van der Waals surface area (Å²) < 4.78 is 27.0. The van der Waals surface area contributed by atoms with E-state index < -0.39 is 16.1 Å². The predicted octanol–water partition coefficient (Wildman–Crippen LogP) is 3.07. The van der Waals surface area contributed by atoms with Crippen LogP contribution in [0.25, 0.3) is 0 Å². The summed E-state index contributed by atoms with van der Waals surface area (Å²) in [4.78, 5) is 14.6. The Balaban J connectivity index is 1.89. The van der Waals surface area contributed by atoms with Gasteiger partial charge in [-0.2, -0.15) is 4.31 Å². The van der Waals surface area contributed by atoms with Gasteiger partial charge < -0.3 is 4.90 Å². The van der Waals surface area contributed by atoms with Gasteiger partial charge in [0.1, 0.15) is 6.04 Å². The third kappa shape index (κ3) is 3.29. The van der Waals surface area contributed by atoms with Crippen molar-refractivity contribution in [1.29, 1.82) is 0 Å². The van der Waals surface area contributed by atoms with Crippen LogP contribution in [0.15, 0.2) is 53.4 Å². The first-order valence-electron chi connectivity index (χ1n) is 7.97. The molecule has 1 fully saturated rings. The Morgan fingerprint density at radius 2 is 1.68 bits per heavy atom. The van der Waals surface area contributed by atoms with E-state index in [4.69, 9.17) is 11.6 Å². The molecule has 3 rings (SSSR count). The lowest BCUT2D eigenvalue weighted by Crippen LogP contribution is -2.57. The Morgan fingerprint density at radius 1 is 1.04 bits per heavy atom. The minimum absolute atomic E-state index is 0.140. The van der Waals surface area contributed by atoms with Crippen molar-refractivity contribution in [2.24, 2.45) is 0 Å². The third-order valence-electron chi connectivity index (χ3n) is 4.43. The van der Waals surface area contributed by atoms with E-state index >= 15 is 0 Å². The number of carbonyl (C=O) groups is 1. The molecular weight excluding hydrogens is 360 g/mol. The van der Waals surface area contributed by atoms with E-state index in [9.17, 15) is 13.2 Å². The summed E-state index contributed by atoms with van der Waals surface area (Å²) in [5.41, 5.74) is 1.81. The molecule has 1 atom stereocenters. The van der Waals surface area contributed by atoms with Gasteiger partial charge in [0.15, 0.2) is 0 Å². The van der Waals surface area contributed by atoms with Crippen LogP contribution in [0.3, 0.4) is 0 Å². The second kappa shape index (κ2) is 6.78. The van der Waals surface area contributed by atoms with Gasteiger partial charge in [0.05, 0.1) is 4.90 Å². The van der Waals surface area contributed by atoms with E-state index in [1.165, 1.54) is 28.6 Å². The number of carbonyl (C=O) groups excluding carboxylic acids is 1. The first kappa shape index (κ1) is 17.9. The number of nitrogens with zero attached hydrogens (tertiary/aromatic N) is 2. The van der Waals surface area contributed by atoms with Crippen molar-refractivity contribution in [3.8, 4) is 0 Å². The highest BCUT2D eigenvalue weighted by Crippen LogP contribution is 2.27. The fraction of sp³-hybridized carbons (Fsp3) is 0.278. The molecule has 5 nitrogen and oxygen atoms in total. The van der Waals surface area contributed by atoms with Crippen molar-refractivity contribution in [1.82, 2.24) is 4.31 Å². The number of para-hydroxylation sites is 1. The Hall–Kier alpha value is -1.89. The molecule has 1 aliphatic rings. The molecule has 1 heterocycles. The van der Waals surface area contributed by atoms with Crippen molar-refractivity contribution in [2.75, 3.05) is 18.0 Å². The van der Waals surface area contributed by atoms with E-state index in [0.29, 0.717) is 11.6 Å². The fourth-order valence-electron chi connectivity index (χ4n) is 3.03. The first-order valence-corrected chi connectivity index (χ1v) is 9.78. The first-order chi connectivity index (χ1) is 11.8. The zero-order valence-corrected chi connectivity index (χ0v) is 15.6. The number of anilines is 1. The molecule has 25 heavy (non-hydrogen) atoms. The fourth-order valence-corrected chi connectivity index (χ4v) is 4.73. The molecule has 0 aromatic heterocycles. The maximum absolute atomic E-state index is 12.9. The average molecular weight is 379 g/mol. The van der Waals surface area contributed by atoms with Crippen LogP contribution in [0, 0.1) is 6.92 Å². The van der Waals surface area contributed by atoms with Crippen molar-refractivity contribution < 1.29 is 13.2 Å². The van der Waals surface area contributed by atoms with Gasteiger partial charge in [0, 0.05) is 23.8 Å². The van der Waals surface area contributed by atoms with E-state index in [1.807, 2.05) is 31.2 Å². The number of hydrogen-bond donors (Lipinski definition) is 0. The highest BCUT2D eigenvalue weighted by atomic mass is 35.5. The third-order valence-corrected chi connectivity index (χ3v) is 6.66. The molecule has 132 valence electrons. The molecule has 1 aliphatic heterocycles. The van der Waals surface area contributed by atoms with E-state index in [2.05, 4.69) is 0 Å². The molecule has 0 saturated carbocycles. The topological polar surface area (TPSA) is 57.7 Å². The monoisotopic (exact) mass is 378 g/mol. The minimum Gasteiger partial charge on any atom is -0.309 e. The molecule has 1 saturated heterocycles. The smallest absolute Gasteiger partial charge is 0.245 e. The standard InChI is InChI=1S/C18H19ClN2O3S/c1-13-5-3-4-6-17(13)20-11-12-21(14(2)18(20)22)25(23,24)16-9-7-15(19)8-10-16/h3-10,14H,11-12H2,1-2H3/t14-/m0/s1. The van der Waals surface area contributed by atoms with Crippen LogP contribution in [-0.2, 0) is 14.8 Å².